The fourth-order valence-corrected chi connectivity index (χ4v) is 4.41. The molecule has 0 unspecified atom stereocenters. The molecule has 126 valence electrons. The number of nitrogens with zero attached hydrogens (tertiary/aromatic N) is 2. The van der Waals surface area contributed by atoms with Crippen molar-refractivity contribution in [1.29, 1.82) is 0 Å². The number of hydrogen-bond acceptors (Lipinski definition) is 4. The molecule has 0 aliphatic carbocycles. The highest BCUT2D eigenvalue weighted by atomic mass is 32.2. The van der Waals surface area contributed by atoms with Gasteiger partial charge in [-0.3, -0.25) is 0 Å². The van der Waals surface area contributed by atoms with E-state index in [1.807, 2.05) is 0 Å². The molecule has 1 aliphatic rings. The van der Waals surface area contributed by atoms with Gasteiger partial charge >= 0.3 is 0 Å². The van der Waals surface area contributed by atoms with Crippen LogP contribution >= 0.6 is 0 Å². The first-order valence-electron chi connectivity index (χ1n) is 8.36. The lowest BCUT2D eigenvalue weighted by molar-refractivity contribution is 0.280. The van der Waals surface area contributed by atoms with Gasteiger partial charge in [0, 0.05) is 19.6 Å². The highest BCUT2D eigenvalue weighted by molar-refractivity contribution is 7.89. The fraction of sp³-hybridized carbons (Fsp3) is 1.00. The third-order valence-corrected chi connectivity index (χ3v) is 5.98. The Labute approximate surface area is 130 Å². The Bertz CT molecular complexity index is 371. The molecule has 0 aromatic carbocycles. The molecule has 1 fully saturated rings. The molecule has 0 amide bonds. The predicted molar refractivity (Wildman–Crippen MR) is 88.8 cm³/mol. The van der Waals surface area contributed by atoms with E-state index in [0.717, 1.165) is 51.9 Å². The number of sulfonamides is 1. The summed E-state index contributed by atoms with van der Waals surface area (Å²) >= 11 is 0. The number of unbranched alkanes of at least 4 members (excludes halogenated alkanes) is 2. The van der Waals surface area contributed by atoms with Crippen LogP contribution in [0.5, 0.6) is 0 Å². The Morgan fingerprint density at radius 3 is 2.48 bits per heavy atom. The molecule has 0 aromatic heterocycles. The highest BCUT2D eigenvalue weighted by Crippen LogP contribution is 2.12. The van der Waals surface area contributed by atoms with Crippen molar-refractivity contribution in [2.75, 3.05) is 45.0 Å². The first-order chi connectivity index (χ1) is 9.95. The molecule has 0 radical (unpaired) electrons. The molecule has 0 bridgehead atoms. The normalized spacial score (nSPS) is 19.0. The lowest BCUT2D eigenvalue weighted by Gasteiger charge is -2.22. The van der Waals surface area contributed by atoms with E-state index >= 15 is 0 Å². The Balaban J connectivity index is 2.37. The van der Waals surface area contributed by atoms with E-state index in [-0.39, 0.29) is 0 Å². The second-order valence-corrected chi connectivity index (χ2v) is 8.53. The molecule has 5 nitrogen and oxygen atoms in total. The number of hydrogen-bond donors (Lipinski definition) is 1. The summed E-state index contributed by atoms with van der Waals surface area (Å²) < 4.78 is 26.4. The third kappa shape index (κ3) is 7.58. The van der Waals surface area contributed by atoms with Crippen LogP contribution < -0.4 is 5.73 Å². The molecular formula is C15H33N3O2S. The molecule has 2 N–H and O–H groups in total. The van der Waals surface area contributed by atoms with Crippen molar-refractivity contribution in [3.63, 3.8) is 0 Å². The van der Waals surface area contributed by atoms with Gasteiger partial charge in [0.25, 0.3) is 0 Å². The van der Waals surface area contributed by atoms with Crippen molar-refractivity contribution in [2.45, 2.75) is 46.0 Å². The molecule has 21 heavy (non-hydrogen) atoms. The Kier molecular flexibility index (Phi) is 8.78. The van der Waals surface area contributed by atoms with E-state index in [4.69, 9.17) is 5.73 Å². The molecular weight excluding hydrogens is 286 g/mol. The molecule has 0 aromatic rings. The van der Waals surface area contributed by atoms with Crippen molar-refractivity contribution in [1.82, 2.24) is 9.21 Å². The molecule has 1 heterocycles. The van der Waals surface area contributed by atoms with Gasteiger partial charge < -0.3 is 10.6 Å². The summed E-state index contributed by atoms with van der Waals surface area (Å²) in [6.07, 6.45) is 5.11. The summed E-state index contributed by atoms with van der Waals surface area (Å²) in [5.74, 6) is 0.729. The maximum absolute atomic E-state index is 12.3. The van der Waals surface area contributed by atoms with E-state index in [2.05, 4.69) is 18.7 Å². The molecule has 1 aliphatic heterocycles. The lowest BCUT2D eigenvalue weighted by atomic mass is 10.2. The van der Waals surface area contributed by atoms with Crippen molar-refractivity contribution in [3.05, 3.63) is 0 Å². The molecule has 0 saturated carbocycles. The summed E-state index contributed by atoms with van der Waals surface area (Å²) in [5.41, 5.74) is 5.50. The van der Waals surface area contributed by atoms with Gasteiger partial charge in [-0.05, 0) is 51.2 Å². The molecule has 1 rings (SSSR count). The predicted octanol–water partition coefficient (Wildman–Crippen LogP) is 1.50. The van der Waals surface area contributed by atoms with Crippen molar-refractivity contribution in [2.24, 2.45) is 11.7 Å². The smallest absolute Gasteiger partial charge is 0.214 e. The van der Waals surface area contributed by atoms with Gasteiger partial charge in [0.15, 0.2) is 0 Å². The van der Waals surface area contributed by atoms with Crippen LogP contribution in [0.25, 0.3) is 0 Å². The van der Waals surface area contributed by atoms with Crippen LogP contribution in [0.3, 0.4) is 0 Å². The quantitative estimate of drug-likeness (QED) is 0.654. The maximum atomic E-state index is 12.3. The van der Waals surface area contributed by atoms with Gasteiger partial charge in [-0.25, -0.2) is 12.7 Å². The van der Waals surface area contributed by atoms with Crippen LogP contribution in [0.2, 0.25) is 0 Å². The van der Waals surface area contributed by atoms with E-state index < -0.39 is 10.0 Å². The van der Waals surface area contributed by atoms with Crippen molar-refractivity contribution < 1.29 is 8.42 Å². The Morgan fingerprint density at radius 1 is 1.05 bits per heavy atom. The average Bonchev–Trinajstić information content (AvgIpc) is 2.68. The van der Waals surface area contributed by atoms with E-state index in [0.29, 0.717) is 24.8 Å². The molecule has 0 atom stereocenters. The summed E-state index contributed by atoms with van der Waals surface area (Å²) in [6, 6.07) is 0. The van der Waals surface area contributed by atoms with E-state index in [1.165, 1.54) is 6.42 Å². The van der Waals surface area contributed by atoms with Crippen LogP contribution in [0, 0.1) is 5.92 Å². The summed E-state index contributed by atoms with van der Waals surface area (Å²) in [7, 11) is -3.06. The van der Waals surface area contributed by atoms with Gasteiger partial charge in [-0.2, -0.15) is 0 Å². The van der Waals surface area contributed by atoms with Crippen molar-refractivity contribution >= 4 is 10.0 Å². The highest BCUT2D eigenvalue weighted by Gasteiger charge is 2.24. The summed E-state index contributed by atoms with van der Waals surface area (Å²) in [6.45, 7) is 9.18. The Hall–Kier alpha value is -0.170. The molecule has 0 spiro atoms. The van der Waals surface area contributed by atoms with Gasteiger partial charge in [-0.1, -0.05) is 20.3 Å². The van der Waals surface area contributed by atoms with Crippen LogP contribution in [0.4, 0.5) is 0 Å². The summed E-state index contributed by atoms with van der Waals surface area (Å²) in [5, 5.41) is 0. The van der Waals surface area contributed by atoms with E-state index in [9.17, 15) is 8.42 Å². The minimum atomic E-state index is -3.06. The van der Waals surface area contributed by atoms with Gasteiger partial charge in [0.1, 0.15) is 0 Å². The molecule has 6 heteroatoms. The Morgan fingerprint density at radius 2 is 1.81 bits per heavy atom. The second-order valence-electron chi connectivity index (χ2n) is 6.44. The first kappa shape index (κ1) is 18.9. The number of rotatable bonds is 9. The maximum Gasteiger partial charge on any atom is 0.214 e. The largest absolute Gasteiger partial charge is 0.330 e. The average molecular weight is 320 g/mol. The van der Waals surface area contributed by atoms with Gasteiger partial charge in [-0.15, -0.1) is 0 Å². The zero-order chi connectivity index (χ0) is 15.7. The topological polar surface area (TPSA) is 66.6 Å². The minimum absolute atomic E-state index is 0.293. The zero-order valence-corrected chi connectivity index (χ0v) is 14.6. The fourth-order valence-electron chi connectivity index (χ4n) is 2.62. The van der Waals surface area contributed by atoms with Crippen LogP contribution in [0.15, 0.2) is 0 Å². The van der Waals surface area contributed by atoms with Crippen LogP contribution in [0.1, 0.15) is 46.0 Å². The standard InChI is InChI=1S/C15H33N3O2S/c1-15(2)7-14-21(19,20)18-11-6-10-17(12-13-18)9-5-3-4-8-16/h15H,3-14,16H2,1-2H3. The minimum Gasteiger partial charge on any atom is -0.330 e. The molecule has 1 saturated heterocycles. The second kappa shape index (κ2) is 9.77. The third-order valence-electron chi connectivity index (χ3n) is 4.07. The van der Waals surface area contributed by atoms with Gasteiger partial charge in [0.2, 0.25) is 10.0 Å². The SMILES string of the molecule is CC(C)CCS(=O)(=O)N1CCCN(CCCCCN)CC1. The van der Waals surface area contributed by atoms with Crippen molar-refractivity contribution in [3.8, 4) is 0 Å². The zero-order valence-electron chi connectivity index (χ0n) is 13.8. The van der Waals surface area contributed by atoms with Crippen LogP contribution in [-0.4, -0.2) is 62.6 Å². The first-order valence-corrected chi connectivity index (χ1v) is 9.97. The lowest BCUT2D eigenvalue weighted by Crippen LogP contribution is -2.37. The monoisotopic (exact) mass is 319 g/mol. The van der Waals surface area contributed by atoms with Gasteiger partial charge in [0.05, 0.1) is 5.75 Å². The van der Waals surface area contributed by atoms with Crippen LogP contribution in [-0.2, 0) is 10.0 Å². The number of nitrogens with two attached hydrogens (primary N) is 1. The van der Waals surface area contributed by atoms with E-state index in [1.54, 1.807) is 4.31 Å². The summed E-state index contributed by atoms with van der Waals surface area (Å²) in [4.78, 5) is 2.40.